The molecule has 0 radical (unpaired) electrons. The van der Waals surface area contributed by atoms with Crippen molar-refractivity contribution in [1.82, 2.24) is 9.88 Å². The summed E-state index contributed by atoms with van der Waals surface area (Å²) in [7, 11) is 2.17. The van der Waals surface area contributed by atoms with Crippen molar-refractivity contribution in [2.45, 2.75) is 0 Å². The van der Waals surface area contributed by atoms with Crippen molar-refractivity contribution in [3.8, 4) is 0 Å². The molecule has 1 fully saturated rings. The molecule has 1 aromatic heterocycles. The zero-order chi connectivity index (χ0) is 12.5. The number of benzene rings is 1. The van der Waals surface area contributed by atoms with Crippen LogP contribution in [0.2, 0.25) is 0 Å². The summed E-state index contributed by atoms with van der Waals surface area (Å²) in [5.74, 6) is 1.10. The fourth-order valence-electron chi connectivity index (χ4n) is 2.30. The SMILES string of the molecule is CN1CCN(c2ccc3cc(Br)ccc3n2)CC1. The van der Waals surface area contributed by atoms with Crippen molar-refractivity contribution >= 4 is 32.7 Å². The Morgan fingerprint density at radius 3 is 2.61 bits per heavy atom. The molecular weight excluding hydrogens is 290 g/mol. The van der Waals surface area contributed by atoms with Gasteiger partial charge in [0.05, 0.1) is 5.52 Å². The van der Waals surface area contributed by atoms with Crippen LogP contribution >= 0.6 is 15.9 Å². The minimum Gasteiger partial charge on any atom is -0.354 e. The number of halogens is 1. The average Bonchev–Trinajstić information content (AvgIpc) is 2.39. The lowest BCUT2D eigenvalue weighted by atomic mass is 10.2. The molecular formula is C14H16BrN3. The molecule has 18 heavy (non-hydrogen) atoms. The lowest BCUT2D eigenvalue weighted by molar-refractivity contribution is 0.312. The van der Waals surface area contributed by atoms with Crippen LogP contribution in [0.1, 0.15) is 0 Å². The summed E-state index contributed by atoms with van der Waals surface area (Å²) < 4.78 is 1.10. The second-order valence-electron chi connectivity index (χ2n) is 4.80. The van der Waals surface area contributed by atoms with Crippen LogP contribution in [0.4, 0.5) is 5.82 Å². The highest BCUT2D eigenvalue weighted by Gasteiger charge is 2.15. The third-order valence-electron chi connectivity index (χ3n) is 3.46. The third kappa shape index (κ3) is 2.35. The number of pyridine rings is 1. The molecule has 1 saturated heterocycles. The molecule has 0 N–H and O–H groups in total. The largest absolute Gasteiger partial charge is 0.354 e. The van der Waals surface area contributed by atoms with Crippen LogP contribution in [-0.2, 0) is 0 Å². The molecule has 3 nitrogen and oxygen atoms in total. The summed E-state index contributed by atoms with van der Waals surface area (Å²) in [5, 5.41) is 1.18. The minimum atomic E-state index is 1.06. The number of aromatic nitrogens is 1. The summed E-state index contributed by atoms with van der Waals surface area (Å²) in [6.07, 6.45) is 0. The monoisotopic (exact) mass is 305 g/mol. The van der Waals surface area contributed by atoms with E-state index in [1.807, 2.05) is 6.07 Å². The zero-order valence-electron chi connectivity index (χ0n) is 10.4. The standard InChI is InChI=1S/C14H16BrN3/c1-17-6-8-18(9-7-17)14-5-2-11-10-12(15)3-4-13(11)16-14/h2-5,10H,6-9H2,1H3. The first-order valence-electron chi connectivity index (χ1n) is 6.22. The highest BCUT2D eigenvalue weighted by Crippen LogP contribution is 2.22. The Bertz CT molecular complexity index is 562. The molecule has 0 aliphatic carbocycles. The molecule has 0 atom stereocenters. The van der Waals surface area contributed by atoms with Crippen LogP contribution in [0, 0.1) is 0 Å². The van der Waals surface area contributed by atoms with Crippen molar-refractivity contribution in [2.24, 2.45) is 0 Å². The quantitative estimate of drug-likeness (QED) is 0.807. The number of likely N-dealkylation sites (N-methyl/N-ethyl adjacent to an activating group) is 1. The van der Waals surface area contributed by atoms with Crippen LogP contribution < -0.4 is 4.90 Å². The van der Waals surface area contributed by atoms with E-state index >= 15 is 0 Å². The highest BCUT2D eigenvalue weighted by molar-refractivity contribution is 9.10. The first-order valence-corrected chi connectivity index (χ1v) is 7.01. The van der Waals surface area contributed by atoms with Crippen LogP contribution in [0.25, 0.3) is 10.9 Å². The Morgan fingerprint density at radius 2 is 1.83 bits per heavy atom. The van der Waals surface area contributed by atoms with Gasteiger partial charge in [0, 0.05) is 36.0 Å². The number of piperazine rings is 1. The maximum Gasteiger partial charge on any atom is 0.129 e. The molecule has 1 aliphatic heterocycles. The van der Waals surface area contributed by atoms with Crippen molar-refractivity contribution in [1.29, 1.82) is 0 Å². The lowest BCUT2D eigenvalue weighted by Gasteiger charge is -2.33. The Labute approximate surface area is 116 Å². The fourth-order valence-corrected chi connectivity index (χ4v) is 2.68. The highest BCUT2D eigenvalue weighted by atomic mass is 79.9. The number of fused-ring (bicyclic) bond motifs is 1. The zero-order valence-corrected chi connectivity index (χ0v) is 12.0. The average molecular weight is 306 g/mol. The number of hydrogen-bond acceptors (Lipinski definition) is 3. The summed E-state index contributed by atoms with van der Waals surface area (Å²) in [6, 6.07) is 10.5. The summed E-state index contributed by atoms with van der Waals surface area (Å²) in [4.78, 5) is 9.47. The second kappa shape index (κ2) is 4.86. The molecule has 2 heterocycles. The number of rotatable bonds is 1. The van der Waals surface area contributed by atoms with Gasteiger partial charge < -0.3 is 9.80 Å². The predicted molar refractivity (Wildman–Crippen MR) is 79.2 cm³/mol. The van der Waals surface area contributed by atoms with Gasteiger partial charge in [-0.05, 0) is 37.4 Å². The number of nitrogens with zero attached hydrogens (tertiary/aromatic N) is 3. The second-order valence-corrected chi connectivity index (χ2v) is 5.71. The van der Waals surface area contributed by atoms with E-state index in [-0.39, 0.29) is 0 Å². The number of anilines is 1. The maximum absolute atomic E-state index is 4.75. The van der Waals surface area contributed by atoms with E-state index in [0.717, 1.165) is 42.0 Å². The maximum atomic E-state index is 4.75. The smallest absolute Gasteiger partial charge is 0.129 e. The Morgan fingerprint density at radius 1 is 1.06 bits per heavy atom. The number of hydrogen-bond donors (Lipinski definition) is 0. The van der Waals surface area contributed by atoms with Gasteiger partial charge in [-0.1, -0.05) is 15.9 Å². The molecule has 4 heteroatoms. The van der Waals surface area contributed by atoms with Crippen LogP contribution in [0.15, 0.2) is 34.8 Å². The minimum absolute atomic E-state index is 1.06. The molecule has 2 aromatic rings. The molecule has 3 rings (SSSR count). The van der Waals surface area contributed by atoms with Crippen molar-refractivity contribution in [2.75, 3.05) is 38.1 Å². The molecule has 0 spiro atoms. The third-order valence-corrected chi connectivity index (χ3v) is 3.96. The van der Waals surface area contributed by atoms with E-state index in [1.165, 1.54) is 5.39 Å². The van der Waals surface area contributed by atoms with E-state index in [1.54, 1.807) is 0 Å². The molecule has 94 valence electrons. The van der Waals surface area contributed by atoms with Crippen molar-refractivity contribution in [3.63, 3.8) is 0 Å². The van der Waals surface area contributed by atoms with E-state index in [9.17, 15) is 0 Å². The van der Waals surface area contributed by atoms with Gasteiger partial charge in [0.1, 0.15) is 5.82 Å². The van der Waals surface area contributed by atoms with Gasteiger partial charge in [0.25, 0.3) is 0 Å². The van der Waals surface area contributed by atoms with Gasteiger partial charge in [-0.2, -0.15) is 0 Å². The van der Waals surface area contributed by atoms with Gasteiger partial charge in [-0.3, -0.25) is 0 Å². The van der Waals surface area contributed by atoms with E-state index in [0.29, 0.717) is 0 Å². The Kier molecular flexibility index (Phi) is 3.22. The van der Waals surface area contributed by atoms with Crippen molar-refractivity contribution < 1.29 is 0 Å². The fraction of sp³-hybridized carbons (Fsp3) is 0.357. The Balaban J connectivity index is 1.91. The van der Waals surface area contributed by atoms with E-state index in [2.05, 4.69) is 57.0 Å². The predicted octanol–water partition coefficient (Wildman–Crippen LogP) is 2.75. The van der Waals surface area contributed by atoms with Crippen LogP contribution in [0.3, 0.4) is 0 Å². The van der Waals surface area contributed by atoms with Crippen molar-refractivity contribution in [3.05, 3.63) is 34.8 Å². The summed E-state index contributed by atoms with van der Waals surface area (Å²) in [6.45, 7) is 4.34. The van der Waals surface area contributed by atoms with Crippen LogP contribution in [-0.4, -0.2) is 43.1 Å². The first-order chi connectivity index (χ1) is 8.72. The summed E-state index contributed by atoms with van der Waals surface area (Å²) >= 11 is 3.49. The van der Waals surface area contributed by atoms with Crippen LogP contribution in [0.5, 0.6) is 0 Å². The van der Waals surface area contributed by atoms with Gasteiger partial charge in [0.2, 0.25) is 0 Å². The molecule has 1 aromatic carbocycles. The Hall–Kier alpha value is -1.13. The molecule has 0 amide bonds. The van der Waals surface area contributed by atoms with E-state index in [4.69, 9.17) is 4.98 Å². The van der Waals surface area contributed by atoms with Gasteiger partial charge in [-0.15, -0.1) is 0 Å². The first kappa shape index (κ1) is 11.9. The molecule has 0 unspecified atom stereocenters. The lowest BCUT2D eigenvalue weighted by Crippen LogP contribution is -2.44. The molecule has 0 saturated carbocycles. The normalized spacial score (nSPS) is 17.3. The topological polar surface area (TPSA) is 19.4 Å². The molecule has 1 aliphatic rings. The van der Waals surface area contributed by atoms with Gasteiger partial charge in [0.15, 0.2) is 0 Å². The molecule has 0 bridgehead atoms. The van der Waals surface area contributed by atoms with Gasteiger partial charge in [-0.25, -0.2) is 4.98 Å². The van der Waals surface area contributed by atoms with Gasteiger partial charge >= 0.3 is 0 Å². The summed E-state index contributed by atoms with van der Waals surface area (Å²) in [5.41, 5.74) is 1.06. The van der Waals surface area contributed by atoms with E-state index < -0.39 is 0 Å².